The minimum Gasteiger partial charge on any atom is -0.456 e. The maximum absolute atomic E-state index is 15.6. The number of carbonyl (C=O) groups is 1. The molecule has 2 rings (SSSR count). The number of aryl methyl sites for hydroxylation is 1. The van der Waals surface area contributed by atoms with Crippen molar-refractivity contribution in [1.29, 1.82) is 0 Å². The highest BCUT2D eigenvalue weighted by Gasteiger charge is 2.61. The number of carbonyl (C=O) groups excluding carboxylic acids is 1. The van der Waals surface area contributed by atoms with Crippen molar-refractivity contribution < 1.29 is 44.4 Å². The zero-order valence-corrected chi connectivity index (χ0v) is 23.4. The number of para-hydroxylation sites is 1. The van der Waals surface area contributed by atoms with Crippen molar-refractivity contribution in [3.05, 3.63) is 47.5 Å². The van der Waals surface area contributed by atoms with E-state index in [9.17, 15) is 26.0 Å². The first kappa shape index (κ1) is 31.4. The van der Waals surface area contributed by atoms with Gasteiger partial charge in [0.1, 0.15) is 21.8 Å². The third-order valence-corrected chi connectivity index (χ3v) is 9.30. The van der Waals surface area contributed by atoms with Gasteiger partial charge < -0.3 is 15.2 Å². The summed E-state index contributed by atoms with van der Waals surface area (Å²) < 4.78 is 107. The molecule has 0 heterocycles. The molecule has 2 atom stereocenters. The summed E-state index contributed by atoms with van der Waals surface area (Å²) >= 11 is 0. The molecule has 212 valence electrons. The van der Waals surface area contributed by atoms with Gasteiger partial charge in [-0.05, 0) is 64.8 Å². The lowest BCUT2D eigenvalue weighted by atomic mass is 10.1. The molecule has 0 amide bonds. The van der Waals surface area contributed by atoms with Gasteiger partial charge in [-0.15, -0.1) is 4.48 Å². The molecule has 0 spiro atoms. The van der Waals surface area contributed by atoms with Crippen molar-refractivity contribution in [3.63, 3.8) is 0 Å². The van der Waals surface area contributed by atoms with Crippen LogP contribution in [0.3, 0.4) is 0 Å². The molecule has 0 saturated carbocycles. The largest absolute Gasteiger partial charge is 0.456 e. The molecule has 0 aliphatic carbocycles. The van der Waals surface area contributed by atoms with E-state index in [2.05, 4.69) is 0 Å². The summed E-state index contributed by atoms with van der Waals surface area (Å²) in [4.78, 5) is 11.7. The average molecular weight is 581 g/mol. The molecule has 38 heavy (non-hydrogen) atoms. The number of hydrogen-bond acceptors (Lipinski definition) is 8. The Bertz CT molecular complexity index is 1410. The van der Waals surface area contributed by atoms with Crippen LogP contribution >= 0.6 is 0 Å². The lowest BCUT2D eigenvalue weighted by molar-refractivity contribution is -0.0660. The first-order valence-electron chi connectivity index (χ1n) is 11.5. The molecule has 2 N–H and O–H groups in total. The monoisotopic (exact) mass is 580 g/mol. The van der Waals surface area contributed by atoms with Gasteiger partial charge in [0.15, 0.2) is 11.9 Å². The van der Waals surface area contributed by atoms with Crippen molar-refractivity contribution in [2.75, 3.05) is 11.5 Å². The standard InChI is InChI=1S/C24H31F3N2O7S2/c1-7-14-37(31,32)24(26,16(3)25)29(27)38(33,34)21-15(2)12-13-18(28)20(21)35-19-11-9-8-10-17(19)22(30)36-23(4,5)6/h8-13,16H,7,14,28H2,1-6H3. The summed E-state index contributed by atoms with van der Waals surface area (Å²) in [5, 5.41) is -4.58. The Hall–Kier alpha value is -2.84. The fourth-order valence-electron chi connectivity index (χ4n) is 3.42. The molecule has 9 nitrogen and oxygen atoms in total. The Kier molecular flexibility index (Phi) is 9.17. The molecule has 0 aliphatic heterocycles. The number of nitrogens with zero attached hydrogens (tertiary/aromatic N) is 1. The third kappa shape index (κ3) is 6.07. The van der Waals surface area contributed by atoms with Gasteiger partial charge in [0, 0.05) is 4.53 Å². The maximum atomic E-state index is 15.6. The van der Waals surface area contributed by atoms with Gasteiger partial charge in [0.05, 0.1) is 11.4 Å². The van der Waals surface area contributed by atoms with Crippen molar-refractivity contribution in [2.24, 2.45) is 0 Å². The number of sulfone groups is 1. The second-order valence-electron chi connectivity index (χ2n) is 9.49. The molecular weight excluding hydrogens is 549 g/mol. The second kappa shape index (κ2) is 11.1. The number of nitrogens with two attached hydrogens (primary N) is 1. The van der Waals surface area contributed by atoms with E-state index in [0.29, 0.717) is 6.92 Å². The molecule has 0 aliphatic rings. The van der Waals surface area contributed by atoms with Gasteiger partial charge in [0.2, 0.25) is 9.84 Å². The normalized spacial score (nSPS) is 15.1. The molecule has 14 heteroatoms. The zero-order valence-electron chi connectivity index (χ0n) is 21.8. The summed E-state index contributed by atoms with van der Waals surface area (Å²) in [5.41, 5.74) is 4.28. The van der Waals surface area contributed by atoms with Crippen LogP contribution in [0.25, 0.3) is 0 Å². The van der Waals surface area contributed by atoms with Gasteiger partial charge in [0.25, 0.3) is 10.0 Å². The quantitative estimate of drug-likeness (QED) is 0.180. The Labute approximate surface area is 220 Å². The van der Waals surface area contributed by atoms with Gasteiger partial charge >= 0.3 is 11.1 Å². The van der Waals surface area contributed by atoms with Gasteiger partial charge in [-0.1, -0.05) is 25.1 Å². The van der Waals surface area contributed by atoms with Crippen molar-refractivity contribution in [3.8, 4) is 11.5 Å². The topological polar surface area (TPSA) is 133 Å². The average Bonchev–Trinajstić information content (AvgIpc) is 2.79. The molecule has 2 aromatic rings. The highest BCUT2D eigenvalue weighted by atomic mass is 32.2. The van der Waals surface area contributed by atoms with E-state index in [4.69, 9.17) is 15.2 Å². The van der Waals surface area contributed by atoms with Gasteiger partial charge in [-0.2, -0.15) is 0 Å². The number of esters is 1. The minimum atomic E-state index is -5.76. The molecule has 2 aromatic carbocycles. The number of sulfonamides is 1. The number of hydrogen-bond donors (Lipinski definition) is 1. The van der Waals surface area contributed by atoms with Crippen LogP contribution in [0, 0.1) is 6.92 Å². The van der Waals surface area contributed by atoms with Crippen LogP contribution in [-0.2, 0) is 24.6 Å². The minimum absolute atomic E-state index is 0.147. The number of alkyl halides is 2. The number of nitrogen functional groups attached to an aromatic ring is 1. The van der Waals surface area contributed by atoms with E-state index in [0.717, 1.165) is 6.07 Å². The van der Waals surface area contributed by atoms with E-state index in [-0.39, 0.29) is 29.0 Å². The zero-order chi connectivity index (χ0) is 29.3. The van der Waals surface area contributed by atoms with Gasteiger partial charge in [-0.3, -0.25) is 0 Å². The van der Waals surface area contributed by atoms with E-state index >= 15 is 8.87 Å². The first-order chi connectivity index (χ1) is 17.3. The Morgan fingerprint density at radius 2 is 1.68 bits per heavy atom. The van der Waals surface area contributed by atoms with Crippen LogP contribution in [0.15, 0.2) is 41.3 Å². The molecule has 0 fully saturated rings. The molecule has 0 radical (unpaired) electrons. The van der Waals surface area contributed by atoms with Crippen LogP contribution in [0.4, 0.5) is 18.9 Å². The number of benzene rings is 2. The molecule has 0 saturated heterocycles. The number of ether oxygens (including phenoxy) is 2. The lowest BCUT2D eigenvalue weighted by Gasteiger charge is -2.31. The highest BCUT2D eigenvalue weighted by molar-refractivity contribution is 7.94. The fourth-order valence-corrected chi connectivity index (χ4v) is 7.10. The number of halogens is 3. The van der Waals surface area contributed by atoms with Crippen molar-refractivity contribution in [1.82, 2.24) is 4.53 Å². The summed E-state index contributed by atoms with van der Waals surface area (Å²) in [5.74, 6) is -2.85. The van der Waals surface area contributed by atoms with Crippen LogP contribution in [-0.4, -0.2) is 50.0 Å². The van der Waals surface area contributed by atoms with Crippen molar-refractivity contribution >= 4 is 31.5 Å². The number of rotatable bonds is 10. The second-order valence-corrected chi connectivity index (χ2v) is 13.4. The van der Waals surface area contributed by atoms with Crippen LogP contribution in [0.5, 0.6) is 11.5 Å². The van der Waals surface area contributed by atoms with E-state index in [1.54, 1.807) is 20.8 Å². The predicted molar refractivity (Wildman–Crippen MR) is 136 cm³/mol. The number of anilines is 1. The van der Waals surface area contributed by atoms with E-state index < -0.39 is 63.7 Å². The summed E-state index contributed by atoms with van der Waals surface area (Å²) in [6, 6.07) is 7.86. The van der Waals surface area contributed by atoms with Crippen molar-refractivity contribution in [2.45, 2.75) is 69.8 Å². The molecular formula is C24H31F3N2O7S2. The Morgan fingerprint density at radius 3 is 2.21 bits per heavy atom. The SMILES string of the molecule is CCCS(=O)(=O)C(F)(C(C)F)N(F)S(=O)(=O)c1c(C)ccc(N)c1Oc1ccccc1C(=O)OC(C)(C)C. The third-order valence-electron chi connectivity index (χ3n) is 5.17. The molecule has 0 bridgehead atoms. The molecule has 0 aromatic heterocycles. The van der Waals surface area contributed by atoms with E-state index in [1.165, 1.54) is 44.2 Å². The Morgan fingerprint density at radius 1 is 1.11 bits per heavy atom. The Balaban J connectivity index is 2.75. The summed E-state index contributed by atoms with van der Waals surface area (Å²) in [6.07, 6.45) is -3.35. The van der Waals surface area contributed by atoms with Crippen LogP contribution < -0.4 is 10.5 Å². The maximum Gasteiger partial charge on any atom is 0.342 e. The molecule has 2 unspecified atom stereocenters. The van der Waals surface area contributed by atoms with Crippen LogP contribution in [0.2, 0.25) is 0 Å². The summed E-state index contributed by atoms with van der Waals surface area (Å²) in [6.45, 7) is 7.75. The smallest absolute Gasteiger partial charge is 0.342 e. The van der Waals surface area contributed by atoms with E-state index in [1.807, 2.05) is 0 Å². The van der Waals surface area contributed by atoms with Crippen LogP contribution in [0.1, 0.15) is 57.0 Å². The van der Waals surface area contributed by atoms with Gasteiger partial charge in [-0.25, -0.2) is 30.4 Å². The highest BCUT2D eigenvalue weighted by Crippen LogP contribution is 2.43. The summed E-state index contributed by atoms with van der Waals surface area (Å²) in [7, 11) is -11.1. The lowest BCUT2D eigenvalue weighted by Crippen LogP contribution is -2.55. The fraction of sp³-hybridized carbons (Fsp3) is 0.458. The first-order valence-corrected chi connectivity index (χ1v) is 14.6. The predicted octanol–water partition coefficient (Wildman–Crippen LogP) is 5.01.